The predicted molar refractivity (Wildman–Crippen MR) is 131 cm³/mol. The van der Waals surface area contributed by atoms with Crippen LogP contribution in [0.4, 0.5) is 5.69 Å². The number of ether oxygens (including phenoxy) is 1. The molecule has 0 aromatic heterocycles. The summed E-state index contributed by atoms with van der Waals surface area (Å²) in [5.74, 6) is -1.04. The lowest BCUT2D eigenvalue weighted by atomic mass is 10.0. The van der Waals surface area contributed by atoms with Crippen LogP contribution < -0.4 is 4.31 Å². The van der Waals surface area contributed by atoms with E-state index in [0.29, 0.717) is 44.1 Å². The number of nitrogens with zero attached hydrogens (tertiary/aromatic N) is 2. The number of aryl methyl sites for hydroxylation is 2. The fourth-order valence-corrected chi connectivity index (χ4v) is 5.93. The SMILES string of the molecule is Cc1ccc(N(CC(C)C)S(=O)(=O)c2ccc(C(O)C(C(=O)O)N3CCOCC3)cc2)c(C)c1. The molecule has 34 heavy (non-hydrogen) atoms. The van der Waals surface area contributed by atoms with E-state index < -0.39 is 28.1 Å². The van der Waals surface area contributed by atoms with Gasteiger partial charge in [0.05, 0.1) is 23.8 Å². The smallest absolute Gasteiger partial charge is 0.324 e. The van der Waals surface area contributed by atoms with Crippen LogP contribution in [-0.4, -0.2) is 68.4 Å². The van der Waals surface area contributed by atoms with Gasteiger partial charge >= 0.3 is 5.97 Å². The van der Waals surface area contributed by atoms with Crippen LogP contribution in [0.15, 0.2) is 47.4 Å². The van der Waals surface area contributed by atoms with Gasteiger partial charge in [-0.2, -0.15) is 0 Å². The largest absolute Gasteiger partial charge is 0.480 e. The van der Waals surface area contributed by atoms with Crippen LogP contribution in [0, 0.1) is 19.8 Å². The van der Waals surface area contributed by atoms with Crippen molar-refractivity contribution in [2.75, 3.05) is 37.2 Å². The van der Waals surface area contributed by atoms with Gasteiger partial charge in [0, 0.05) is 19.6 Å². The first-order chi connectivity index (χ1) is 16.0. The van der Waals surface area contributed by atoms with E-state index >= 15 is 0 Å². The number of hydrogen-bond acceptors (Lipinski definition) is 6. The minimum atomic E-state index is -3.88. The third-order valence-electron chi connectivity index (χ3n) is 5.95. The number of anilines is 1. The number of carboxylic acid groups (broad SMARTS) is 1. The molecule has 0 spiro atoms. The molecular formula is C25H34N2O6S. The molecular weight excluding hydrogens is 456 g/mol. The molecule has 9 heteroatoms. The molecule has 0 saturated carbocycles. The average Bonchev–Trinajstić information content (AvgIpc) is 2.78. The zero-order valence-electron chi connectivity index (χ0n) is 20.1. The minimum Gasteiger partial charge on any atom is -0.480 e. The Kier molecular flexibility index (Phi) is 8.35. The first-order valence-corrected chi connectivity index (χ1v) is 12.9. The quantitative estimate of drug-likeness (QED) is 0.556. The van der Waals surface area contributed by atoms with Crippen molar-refractivity contribution in [2.24, 2.45) is 5.92 Å². The minimum absolute atomic E-state index is 0.0855. The van der Waals surface area contributed by atoms with E-state index in [9.17, 15) is 23.4 Å². The average molecular weight is 491 g/mol. The van der Waals surface area contributed by atoms with Crippen LogP contribution in [0.25, 0.3) is 0 Å². The van der Waals surface area contributed by atoms with Crippen molar-refractivity contribution in [3.05, 3.63) is 59.2 Å². The summed E-state index contributed by atoms with van der Waals surface area (Å²) >= 11 is 0. The molecule has 1 saturated heterocycles. The molecule has 2 unspecified atom stereocenters. The molecule has 8 nitrogen and oxygen atoms in total. The number of aliphatic hydroxyl groups excluding tert-OH is 1. The van der Waals surface area contributed by atoms with E-state index in [1.54, 1.807) is 4.90 Å². The van der Waals surface area contributed by atoms with E-state index in [1.807, 2.05) is 45.9 Å². The number of aliphatic carboxylic acids is 1. The number of aliphatic hydroxyl groups is 1. The topological polar surface area (TPSA) is 107 Å². The Bertz CT molecular complexity index is 1090. The van der Waals surface area contributed by atoms with Crippen molar-refractivity contribution in [1.82, 2.24) is 4.90 Å². The van der Waals surface area contributed by atoms with Crippen LogP contribution in [0.2, 0.25) is 0 Å². The lowest BCUT2D eigenvalue weighted by Gasteiger charge is -2.34. The molecule has 1 aliphatic heterocycles. The van der Waals surface area contributed by atoms with Crippen LogP contribution in [0.1, 0.15) is 36.6 Å². The van der Waals surface area contributed by atoms with Gasteiger partial charge in [-0.05, 0) is 49.1 Å². The van der Waals surface area contributed by atoms with Gasteiger partial charge in [0.1, 0.15) is 12.1 Å². The maximum absolute atomic E-state index is 13.6. The number of carboxylic acids is 1. The Morgan fingerprint density at radius 3 is 2.24 bits per heavy atom. The van der Waals surface area contributed by atoms with Crippen LogP contribution in [-0.2, 0) is 19.6 Å². The van der Waals surface area contributed by atoms with Gasteiger partial charge in [-0.3, -0.25) is 14.0 Å². The van der Waals surface area contributed by atoms with Crippen LogP contribution in [0.3, 0.4) is 0 Å². The van der Waals surface area contributed by atoms with Gasteiger partial charge in [-0.1, -0.05) is 43.7 Å². The molecule has 186 valence electrons. The van der Waals surface area contributed by atoms with Crippen molar-refractivity contribution in [3.63, 3.8) is 0 Å². The second-order valence-electron chi connectivity index (χ2n) is 9.17. The molecule has 2 aromatic rings. The van der Waals surface area contributed by atoms with Gasteiger partial charge in [0.2, 0.25) is 0 Å². The maximum Gasteiger partial charge on any atom is 0.324 e. The molecule has 0 radical (unpaired) electrons. The second-order valence-corrected chi connectivity index (χ2v) is 11.0. The lowest BCUT2D eigenvalue weighted by molar-refractivity contribution is -0.150. The molecule has 2 N–H and O–H groups in total. The zero-order valence-corrected chi connectivity index (χ0v) is 21.0. The molecule has 0 aliphatic carbocycles. The molecule has 0 bridgehead atoms. The second kappa shape index (κ2) is 10.9. The molecule has 1 heterocycles. The Morgan fingerprint density at radius 2 is 1.71 bits per heavy atom. The normalized spacial score (nSPS) is 16.9. The summed E-state index contributed by atoms with van der Waals surface area (Å²) in [7, 11) is -3.88. The highest BCUT2D eigenvalue weighted by Gasteiger charge is 2.35. The van der Waals surface area contributed by atoms with E-state index in [4.69, 9.17) is 4.74 Å². The highest BCUT2D eigenvalue weighted by atomic mass is 32.2. The first-order valence-electron chi connectivity index (χ1n) is 11.4. The molecule has 2 aromatic carbocycles. The van der Waals surface area contributed by atoms with Gasteiger partial charge in [0.15, 0.2) is 0 Å². The standard InChI is InChI=1S/C25H34N2O6S/c1-17(2)16-27(22-10-5-18(3)15-19(22)4)34(31,32)21-8-6-20(7-9-21)24(28)23(25(29)30)26-11-13-33-14-12-26/h5-10,15,17,23-24,28H,11-14,16H2,1-4H3,(H,29,30). The summed E-state index contributed by atoms with van der Waals surface area (Å²) in [5.41, 5.74) is 2.89. The summed E-state index contributed by atoms with van der Waals surface area (Å²) in [4.78, 5) is 13.7. The highest BCUT2D eigenvalue weighted by molar-refractivity contribution is 7.92. The summed E-state index contributed by atoms with van der Waals surface area (Å²) in [6.07, 6.45) is -1.31. The van der Waals surface area contributed by atoms with Gasteiger partial charge in [-0.25, -0.2) is 8.42 Å². The fourth-order valence-electron chi connectivity index (χ4n) is 4.24. The van der Waals surface area contributed by atoms with Crippen molar-refractivity contribution in [2.45, 2.75) is 44.7 Å². The number of morpholine rings is 1. The van der Waals surface area contributed by atoms with E-state index in [-0.39, 0.29) is 10.8 Å². The molecule has 1 aliphatic rings. The Morgan fingerprint density at radius 1 is 1.09 bits per heavy atom. The molecule has 2 atom stereocenters. The molecule has 1 fully saturated rings. The van der Waals surface area contributed by atoms with Crippen molar-refractivity contribution >= 4 is 21.7 Å². The monoisotopic (exact) mass is 490 g/mol. The number of benzene rings is 2. The lowest BCUT2D eigenvalue weighted by Crippen LogP contribution is -2.50. The van der Waals surface area contributed by atoms with Crippen molar-refractivity contribution < 1.29 is 28.2 Å². The zero-order chi connectivity index (χ0) is 25.0. The van der Waals surface area contributed by atoms with Crippen LogP contribution in [0.5, 0.6) is 0 Å². The number of hydrogen-bond donors (Lipinski definition) is 2. The maximum atomic E-state index is 13.6. The van der Waals surface area contributed by atoms with E-state index in [0.717, 1.165) is 11.1 Å². The Hall–Kier alpha value is -2.46. The summed E-state index contributed by atoms with van der Waals surface area (Å²) < 4.78 is 34.0. The van der Waals surface area contributed by atoms with Gasteiger partial charge < -0.3 is 14.9 Å². The molecule has 3 rings (SSSR count). The summed E-state index contributed by atoms with van der Waals surface area (Å²) in [6, 6.07) is 10.4. The highest BCUT2D eigenvalue weighted by Crippen LogP contribution is 2.30. The summed E-state index contributed by atoms with van der Waals surface area (Å²) in [6.45, 7) is 9.70. The van der Waals surface area contributed by atoms with Crippen molar-refractivity contribution in [1.29, 1.82) is 0 Å². The number of rotatable bonds is 9. The predicted octanol–water partition coefficient (Wildman–Crippen LogP) is 2.97. The van der Waals surface area contributed by atoms with E-state index in [1.165, 1.54) is 28.6 Å². The third kappa shape index (κ3) is 5.78. The summed E-state index contributed by atoms with van der Waals surface area (Å²) in [5, 5.41) is 20.6. The van der Waals surface area contributed by atoms with Gasteiger partial charge in [0.25, 0.3) is 10.0 Å². The molecule has 0 amide bonds. The third-order valence-corrected chi connectivity index (χ3v) is 7.75. The first kappa shape index (κ1) is 26.2. The van der Waals surface area contributed by atoms with E-state index in [2.05, 4.69) is 0 Å². The van der Waals surface area contributed by atoms with Crippen molar-refractivity contribution in [3.8, 4) is 0 Å². The number of carbonyl (C=O) groups is 1. The Balaban J connectivity index is 1.92. The van der Waals surface area contributed by atoms with Crippen LogP contribution >= 0.6 is 0 Å². The number of sulfonamides is 1. The Labute approximate surface area is 201 Å². The van der Waals surface area contributed by atoms with Gasteiger partial charge in [-0.15, -0.1) is 0 Å². The fraction of sp³-hybridized carbons (Fsp3) is 0.480.